The van der Waals surface area contributed by atoms with E-state index >= 15 is 0 Å². The largest absolute Gasteiger partial charge is 0.464 e. The van der Waals surface area contributed by atoms with E-state index in [1.54, 1.807) is 14.2 Å². The lowest BCUT2D eigenvalue weighted by Gasteiger charge is -2.27. The van der Waals surface area contributed by atoms with E-state index in [9.17, 15) is 9.59 Å². The van der Waals surface area contributed by atoms with Crippen molar-refractivity contribution in [1.82, 2.24) is 4.90 Å². The highest BCUT2D eigenvalue weighted by Crippen LogP contribution is 2.15. The van der Waals surface area contributed by atoms with E-state index in [4.69, 9.17) is 14.2 Å². The fourth-order valence-corrected chi connectivity index (χ4v) is 3.87. The molecule has 1 atom stereocenters. The minimum atomic E-state index is -0.619. The zero-order chi connectivity index (χ0) is 24.7. The van der Waals surface area contributed by atoms with Gasteiger partial charge in [-0.05, 0) is 18.8 Å². The Labute approximate surface area is 204 Å². The Bertz CT molecular complexity index is 469. The third-order valence-corrected chi connectivity index (χ3v) is 5.98. The minimum absolute atomic E-state index is 0.169. The van der Waals surface area contributed by atoms with Gasteiger partial charge in [0.2, 0.25) is 0 Å². The lowest BCUT2D eigenvalue weighted by atomic mass is 10.0. The van der Waals surface area contributed by atoms with E-state index in [1.165, 1.54) is 81.9 Å². The van der Waals surface area contributed by atoms with Crippen molar-refractivity contribution in [3.05, 3.63) is 0 Å². The molecule has 0 radical (unpaired) electrons. The SMILES string of the molecule is CCCCCCCCCCCCCCCCOC(=O)C(CC(C)C)N(C)C(=O)OCCOC. The molecule has 1 unspecified atom stereocenters. The number of carbonyl (C=O) groups is 2. The monoisotopic (exact) mass is 471 g/mol. The first-order chi connectivity index (χ1) is 15.9. The molecule has 0 aromatic heterocycles. The molecule has 0 aromatic carbocycles. The number of rotatable bonds is 22. The fourth-order valence-electron chi connectivity index (χ4n) is 3.87. The molecule has 196 valence electrons. The number of esters is 1. The van der Waals surface area contributed by atoms with Crippen LogP contribution in [0.3, 0.4) is 0 Å². The summed E-state index contributed by atoms with van der Waals surface area (Å²) in [6, 6.07) is -0.619. The molecule has 0 aliphatic carbocycles. The van der Waals surface area contributed by atoms with Gasteiger partial charge in [-0.2, -0.15) is 0 Å². The smallest absolute Gasteiger partial charge is 0.410 e. The van der Waals surface area contributed by atoms with Crippen LogP contribution in [0.5, 0.6) is 0 Å². The lowest BCUT2D eigenvalue weighted by Crippen LogP contribution is -2.44. The number of methoxy groups -OCH3 is 1. The van der Waals surface area contributed by atoms with Crippen LogP contribution < -0.4 is 0 Å². The Balaban J connectivity index is 3.86. The average Bonchev–Trinajstić information content (AvgIpc) is 2.79. The van der Waals surface area contributed by atoms with Gasteiger partial charge < -0.3 is 14.2 Å². The predicted octanol–water partition coefficient (Wildman–Crippen LogP) is 7.14. The molecule has 0 fully saturated rings. The Hall–Kier alpha value is -1.30. The third-order valence-electron chi connectivity index (χ3n) is 5.98. The van der Waals surface area contributed by atoms with Crippen molar-refractivity contribution in [2.75, 3.05) is 34.0 Å². The second kappa shape index (κ2) is 22.5. The van der Waals surface area contributed by atoms with E-state index in [1.807, 2.05) is 13.8 Å². The van der Waals surface area contributed by atoms with Crippen LogP contribution in [0, 0.1) is 5.92 Å². The molecule has 6 nitrogen and oxygen atoms in total. The zero-order valence-corrected chi connectivity index (χ0v) is 22.4. The van der Waals surface area contributed by atoms with Gasteiger partial charge in [-0.25, -0.2) is 9.59 Å². The zero-order valence-electron chi connectivity index (χ0n) is 22.4. The summed E-state index contributed by atoms with van der Waals surface area (Å²) in [6.45, 7) is 7.23. The number of amides is 1. The van der Waals surface area contributed by atoms with Gasteiger partial charge in [0.25, 0.3) is 0 Å². The van der Waals surface area contributed by atoms with Crippen LogP contribution in [-0.2, 0) is 19.0 Å². The van der Waals surface area contributed by atoms with Crippen molar-refractivity contribution in [1.29, 1.82) is 0 Å². The average molecular weight is 472 g/mol. The molecule has 0 N–H and O–H groups in total. The summed E-state index contributed by atoms with van der Waals surface area (Å²) in [6.07, 6.45) is 18.2. The van der Waals surface area contributed by atoms with Gasteiger partial charge in [-0.15, -0.1) is 0 Å². The number of ether oxygens (including phenoxy) is 3. The maximum atomic E-state index is 12.6. The van der Waals surface area contributed by atoms with Crippen molar-refractivity contribution in [3.63, 3.8) is 0 Å². The standard InChI is InChI=1S/C27H53NO5/c1-6-7-8-9-10-11-12-13-14-15-16-17-18-19-20-32-26(29)25(23-24(2)3)28(4)27(30)33-22-21-31-5/h24-25H,6-23H2,1-5H3. The summed E-state index contributed by atoms with van der Waals surface area (Å²) in [5, 5.41) is 0. The van der Waals surface area contributed by atoms with Crippen LogP contribution in [0.1, 0.15) is 117 Å². The van der Waals surface area contributed by atoms with E-state index in [2.05, 4.69) is 6.92 Å². The molecular weight excluding hydrogens is 418 g/mol. The molecule has 33 heavy (non-hydrogen) atoms. The normalized spacial score (nSPS) is 12.1. The summed E-state index contributed by atoms with van der Waals surface area (Å²) in [7, 11) is 3.14. The van der Waals surface area contributed by atoms with Gasteiger partial charge >= 0.3 is 12.1 Å². The van der Waals surface area contributed by atoms with Crippen molar-refractivity contribution in [2.24, 2.45) is 5.92 Å². The van der Waals surface area contributed by atoms with Crippen LogP contribution in [0.15, 0.2) is 0 Å². The maximum Gasteiger partial charge on any atom is 0.410 e. The second-order valence-electron chi connectivity index (χ2n) is 9.63. The first kappa shape index (κ1) is 31.7. The number of unbranched alkanes of at least 4 members (excludes halogenated alkanes) is 13. The molecule has 0 aliphatic heterocycles. The van der Waals surface area contributed by atoms with E-state index in [0.717, 1.165) is 12.8 Å². The third kappa shape index (κ3) is 18.8. The molecule has 0 aliphatic rings. The first-order valence-corrected chi connectivity index (χ1v) is 13.5. The minimum Gasteiger partial charge on any atom is -0.464 e. The van der Waals surface area contributed by atoms with Gasteiger partial charge in [0, 0.05) is 14.2 Å². The van der Waals surface area contributed by atoms with Crippen LogP contribution >= 0.6 is 0 Å². The fraction of sp³-hybridized carbons (Fsp3) is 0.926. The molecule has 0 spiro atoms. The second-order valence-corrected chi connectivity index (χ2v) is 9.63. The number of nitrogens with zero attached hydrogens (tertiary/aromatic N) is 1. The Morgan fingerprint density at radius 2 is 1.18 bits per heavy atom. The van der Waals surface area contributed by atoms with Gasteiger partial charge in [0.15, 0.2) is 0 Å². The van der Waals surface area contributed by atoms with E-state index in [-0.39, 0.29) is 18.5 Å². The van der Waals surface area contributed by atoms with Crippen molar-refractivity contribution in [3.8, 4) is 0 Å². The predicted molar refractivity (Wildman–Crippen MR) is 136 cm³/mol. The van der Waals surface area contributed by atoms with Crippen molar-refractivity contribution < 1.29 is 23.8 Å². The number of carbonyl (C=O) groups excluding carboxylic acids is 2. The molecule has 1 amide bonds. The maximum absolute atomic E-state index is 12.6. The quantitative estimate of drug-likeness (QED) is 0.124. The Kier molecular flexibility index (Phi) is 21.6. The van der Waals surface area contributed by atoms with Gasteiger partial charge in [0.05, 0.1) is 13.2 Å². The highest BCUT2D eigenvalue weighted by Gasteiger charge is 2.29. The highest BCUT2D eigenvalue weighted by molar-refractivity contribution is 5.81. The van der Waals surface area contributed by atoms with Crippen LogP contribution in [0.2, 0.25) is 0 Å². The van der Waals surface area contributed by atoms with Crippen LogP contribution in [0.25, 0.3) is 0 Å². The molecule has 0 rings (SSSR count). The molecule has 0 saturated heterocycles. The van der Waals surface area contributed by atoms with Crippen molar-refractivity contribution in [2.45, 2.75) is 123 Å². The summed E-state index contributed by atoms with van der Waals surface area (Å²) < 4.78 is 15.5. The Morgan fingerprint density at radius 1 is 0.697 bits per heavy atom. The summed E-state index contributed by atoms with van der Waals surface area (Å²) >= 11 is 0. The number of hydrogen-bond donors (Lipinski definition) is 0. The summed E-state index contributed by atoms with van der Waals surface area (Å²) in [4.78, 5) is 26.1. The van der Waals surface area contributed by atoms with Crippen molar-refractivity contribution >= 4 is 12.1 Å². The lowest BCUT2D eigenvalue weighted by molar-refractivity contribution is -0.149. The van der Waals surface area contributed by atoms with Crippen LogP contribution in [0.4, 0.5) is 4.79 Å². The molecule has 0 heterocycles. The first-order valence-electron chi connectivity index (χ1n) is 13.5. The highest BCUT2D eigenvalue weighted by atomic mass is 16.6. The molecule has 0 saturated carbocycles. The Morgan fingerprint density at radius 3 is 1.64 bits per heavy atom. The van der Waals surface area contributed by atoms with E-state index < -0.39 is 12.1 Å². The number of hydrogen-bond acceptors (Lipinski definition) is 5. The molecular formula is C27H53NO5. The summed E-state index contributed by atoms with van der Waals surface area (Å²) in [5.74, 6) is -0.0811. The van der Waals surface area contributed by atoms with E-state index in [0.29, 0.717) is 19.6 Å². The molecule has 6 heteroatoms. The van der Waals surface area contributed by atoms with Gasteiger partial charge in [0.1, 0.15) is 12.6 Å². The molecule has 0 aromatic rings. The summed E-state index contributed by atoms with van der Waals surface area (Å²) in [5.41, 5.74) is 0. The van der Waals surface area contributed by atoms with Gasteiger partial charge in [-0.1, -0.05) is 104 Å². The van der Waals surface area contributed by atoms with Crippen LogP contribution in [-0.4, -0.2) is 57.0 Å². The van der Waals surface area contributed by atoms with Gasteiger partial charge in [-0.3, -0.25) is 4.90 Å². The number of likely N-dealkylation sites (N-methyl/N-ethyl adjacent to an activating group) is 1. The topological polar surface area (TPSA) is 65.1 Å². The molecule has 0 bridgehead atoms.